The highest BCUT2D eigenvalue weighted by Crippen LogP contribution is 2.32. The quantitative estimate of drug-likeness (QED) is 0.684. The molecule has 1 saturated heterocycles. The van der Waals surface area contributed by atoms with Crippen LogP contribution in [0, 0.1) is 12.7 Å². The second-order valence-corrected chi connectivity index (χ2v) is 6.29. The molecule has 1 amide bonds. The highest BCUT2D eigenvalue weighted by atomic mass is 19.1. The van der Waals surface area contributed by atoms with Crippen LogP contribution >= 0.6 is 0 Å². The average molecular weight is 340 g/mol. The maximum atomic E-state index is 14.3. The number of hydrogen-bond acceptors (Lipinski definition) is 4. The number of β-amino-alcohol motifs (C(OH)–C–C–N with tert-alkyl or cyclic N) is 1. The number of anilines is 2. The molecule has 0 saturated carbocycles. The lowest BCUT2D eigenvalue weighted by Gasteiger charge is -2.36. The number of fused-ring (bicyclic) bond motifs is 1. The fourth-order valence-corrected chi connectivity index (χ4v) is 2.98. The summed E-state index contributed by atoms with van der Waals surface area (Å²) in [7, 11) is 0. The monoisotopic (exact) mass is 340 g/mol. The molecule has 4 rings (SSSR count). The molecule has 0 bridgehead atoms. The number of amides is 1. The number of likely N-dealkylation sites (tertiary alicyclic amines) is 1. The molecular weight excluding hydrogens is 323 g/mol. The highest BCUT2D eigenvalue weighted by Gasteiger charge is 2.31. The molecule has 2 aromatic carbocycles. The molecule has 1 aliphatic heterocycles. The summed E-state index contributed by atoms with van der Waals surface area (Å²) in [5, 5.41) is 20.1. The number of nitrogens with zero attached hydrogens (tertiary/aromatic N) is 2. The molecular formula is C18H17FN4O2. The number of benzene rings is 2. The lowest BCUT2D eigenvalue weighted by atomic mass is 10.0. The van der Waals surface area contributed by atoms with E-state index in [0.29, 0.717) is 29.7 Å². The van der Waals surface area contributed by atoms with E-state index in [4.69, 9.17) is 0 Å². The van der Waals surface area contributed by atoms with Gasteiger partial charge in [0, 0.05) is 18.5 Å². The molecule has 7 heteroatoms. The zero-order chi connectivity index (χ0) is 17.6. The first-order valence-electron chi connectivity index (χ1n) is 7.99. The van der Waals surface area contributed by atoms with Crippen LogP contribution in [0.15, 0.2) is 36.5 Å². The molecule has 25 heavy (non-hydrogen) atoms. The molecule has 1 aromatic heterocycles. The van der Waals surface area contributed by atoms with E-state index in [-0.39, 0.29) is 11.6 Å². The molecule has 3 N–H and O–H groups in total. The number of rotatable bonds is 3. The van der Waals surface area contributed by atoms with Gasteiger partial charge in [-0.1, -0.05) is 6.07 Å². The van der Waals surface area contributed by atoms with Crippen molar-refractivity contribution in [2.75, 3.05) is 18.4 Å². The van der Waals surface area contributed by atoms with Gasteiger partial charge in [-0.2, -0.15) is 5.10 Å². The molecule has 0 atom stereocenters. The smallest absolute Gasteiger partial charge is 0.256 e. The number of carbonyl (C=O) groups is 1. The molecule has 0 aliphatic carbocycles. The van der Waals surface area contributed by atoms with E-state index in [0.717, 1.165) is 11.1 Å². The average Bonchev–Trinajstić information content (AvgIpc) is 3.03. The fourth-order valence-electron chi connectivity index (χ4n) is 2.98. The minimum atomic E-state index is -0.479. The van der Waals surface area contributed by atoms with Crippen LogP contribution in [0.5, 0.6) is 0 Å². The number of aryl methyl sites for hydroxylation is 1. The zero-order valence-corrected chi connectivity index (χ0v) is 13.6. The predicted molar refractivity (Wildman–Crippen MR) is 92.4 cm³/mol. The van der Waals surface area contributed by atoms with Gasteiger partial charge in [0.15, 0.2) is 0 Å². The van der Waals surface area contributed by atoms with Gasteiger partial charge >= 0.3 is 0 Å². The zero-order valence-electron chi connectivity index (χ0n) is 13.6. The third-order valence-corrected chi connectivity index (χ3v) is 4.39. The Labute approximate surface area is 143 Å². The Morgan fingerprint density at radius 3 is 2.88 bits per heavy atom. The lowest BCUT2D eigenvalue weighted by molar-refractivity contribution is 0.00597. The Balaban J connectivity index is 1.78. The van der Waals surface area contributed by atoms with Gasteiger partial charge in [-0.05, 0) is 36.8 Å². The summed E-state index contributed by atoms with van der Waals surface area (Å²) < 4.78 is 14.3. The van der Waals surface area contributed by atoms with Crippen molar-refractivity contribution >= 4 is 28.2 Å². The number of aliphatic hydroxyl groups excluding tert-OH is 1. The number of aromatic nitrogens is 2. The summed E-state index contributed by atoms with van der Waals surface area (Å²) in [5.41, 5.74) is 2.77. The number of hydrogen-bond donors (Lipinski definition) is 3. The molecule has 2 heterocycles. The number of halogens is 1. The first-order chi connectivity index (χ1) is 12.0. The third-order valence-electron chi connectivity index (χ3n) is 4.39. The Morgan fingerprint density at radius 1 is 1.36 bits per heavy atom. The van der Waals surface area contributed by atoms with E-state index in [1.54, 1.807) is 35.4 Å². The summed E-state index contributed by atoms with van der Waals surface area (Å²) in [4.78, 5) is 14.3. The van der Waals surface area contributed by atoms with E-state index in [1.807, 2.05) is 6.92 Å². The SMILES string of the molecule is Cc1ccc(Nc2c(C(=O)N3CC(O)C3)ccc3[nH]ncc23)c(F)c1. The van der Waals surface area contributed by atoms with Crippen molar-refractivity contribution in [2.24, 2.45) is 0 Å². The molecule has 1 fully saturated rings. The summed E-state index contributed by atoms with van der Waals surface area (Å²) in [6, 6.07) is 8.33. The maximum Gasteiger partial charge on any atom is 0.256 e. The van der Waals surface area contributed by atoms with Crippen molar-refractivity contribution in [2.45, 2.75) is 13.0 Å². The number of H-pyrrole nitrogens is 1. The molecule has 3 aromatic rings. The molecule has 0 unspecified atom stereocenters. The van der Waals surface area contributed by atoms with Gasteiger partial charge in [-0.15, -0.1) is 0 Å². The Hall–Kier alpha value is -2.93. The molecule has 128 valence electrons. The maximum absolute atomic E-state index is 14.3. The molecule has 0 radical (unpaired) electrons. The Bertz CT molecular complexity index is 963. The summed E-state index contributed by atoms with van der Waals surface area (Å²) in [6.45, 7) is 2.43. The molecule has 0 spiro atoms. The summed E-state index contributed by atoms with van der Waals surface area (Å²) >= 11 is 0. The van der Waals surface area contributed by atoms with Crippen LogP contribution in [0.25, 0.3) is 10.9 Å². The Kier molecular flexibility index (Phi) is 3.65. The van der Waals surface area contributed by atoms with Crippen molar-refractivity contribution in [3.63, 3.8) is 0 Å². The van der Waals surface area contributed by atoms with Crippen molar-refractivity contribution in [3.05, 3.63) is 53.5 Å². The van der Waals surface area contributed by atoms with Crippen molar-refractivity contribution in [1.29, 1.82) is 0 Å². The van der Waals surface area contributed by atoms with Crippen LogP contribution < -0.4 is 5.32 Å². The first kappa shape index (κ1) is 15.6. The standard InChI is InChI=1S/C18H17FN4O2/c1-10-2-4-16(14(19)6-10)21-17-12(18(25)23-8-11(24)9-23)3-5-15-13(17)7-20-22-15/h2-7,11,21,24H,8-9H2,1H3,(H,20,22). The second-order valence-electron chi connectivity index (χ2n) is 6.29. The van der Waals surface area contributed by atoms with E-state index in [2.05, 4.69) is 15.5 Å². The van der Waals surface area contributed by atoms with Crippen LogP contribution in [-0.2, 0) is 0 Å². The van der Waals surface area contributed by atoms with Gasteiger partial charge < -0.3 is 15.3 Å². The highest BCUT2D eigenvalue weighted by molar-refractivity contribution is 6.08. The number of carbonyl (C=O) groups excluding carboxylic acids is 1. The topological polar surface area (TPSA) is 81.3 Å². The first-order valence-corrected chi connectivity index (χ1v) is 7.99. The van der Waals surface area contributed by atoms with Gasteiger partial charge in [0.2, 0.25) is 0 Å². The predicted octanol–water partition coefficient (Wildman–Crippen LogP) is 2.57. The van der Waals surface area contributed by atoms with Gasteiger partial charge in [0.25, 0.3) is 5.91 Å². The summed E-state index contributed by atoms with van der Waals surface area (Å²) in [6.07, 6.45) is 1.12. The van der Waals surface area contributed by atoms with Gasteiger partial charge in [0.1, 0.15) is 5.82 Å². The molecule has 1 aliphatic rings. The van der Waals surface area contributed by atoms with Crippen LogP contribution in [0.3, 0.4) is 0 Å². The third kappa shape index (κ3) is 2.72. The number of aromatic amines is 1. The number of nitrogens with one attached hydrogen (secondary N) is 2. The van der Waals surface area contributed by atoms with Crippen LogP contribution in [-0.4, -0.2) is 45.3 Å². The Morgan fingerprint density at radius 2 is 2.16 bits per heavy atom. The van der Waals surface area contributed by atoms with Crippen LogP contribution in [0.1, 0.15) is 15.9 Å². The fraction of sp³-hybridized carbons (Fsp3) is 0.222. The van der Waals surface area contributed by atoms with E-state index in [9.17, 15) is 14.3 Å². The van der Waals surface area contributed by atoms with Crippen LogP contribution in [0.2, 0.25) is 0 Å². The van der Waals surface area contributed by atoms with Gasteiger partial charge in [-0.25, -0.2) is 4.39 Å². The van der Waals surface area contributed by atoms with Gasteiger partial charge in [-0.3, -0.25) is 9.89 Å². The van der Waals surface area contributed by atoms with E-state index < -0.39 is 11.9 Å². The van der Waals surface area contributed by atoms with E-state index >= 15 is 0 Å². The molecule has 6 nitrogen and oxygen atoms in total. The second kappa shape index (κ2) is 5.86. The number of aliphatic hydroxyl groups is 1. The van der Waals surface area contributed by atoms with Gasteiger partial charge in [0.05, 0.1) is 34.8 Å². The van der Waals surface area contributed by atoms with Crippen molar-refractivity contribution < 1.29 is 14.3 Å². The normalized spacial score (nSPS) is 14.6. The largest absolute Gasteiger partial charge is 0.389 e. The van der Waals surface area contributed by atoms with Crippen molar-refractivity contribution in [1.82, 2.24) is 15.1 Å². The van der Waals surface area contributed by atoms with E-state index in [1.165, 1.54) is 6.07 Å². The van der Waals surface area contributed by atoms with Crippen molar-refractivity contribution in [3.8, 4) is 0 Å². The summed E-state index contributed by atoms with van der Waals surface area (Å²) in [5.74, 6) is -0.596. The minimum Gasteiger partial charge on any atom is -0.389 e. The minimum absolute atomic E-state index is 0.205. The van der Waals surface area contributed by atoms with Crippen LogP contribution in [0.4, 0.5) is 15.8 Å². The lowest BCUT2D eigenvalue weighted by Crippen LogP contribution is -2.53.